The number of carbonyl (C=O) groups excluding carboxylic acids is 2. The second-order valence-corrected chi connectivity index (χ2v) is 6.78. The summed E-state index contributed by atoms with van der Waals surface area (Å²) in [7, 11) is 1.51. The first kappa shape index (κ1) is 18.0. The number of nitrogens with zero attached hydrogens (tertiary/aromatic N) is 1. The van der Waals surface area contributed by atoms with Crippen LogP contribution in [0.25, 0.3) is 0 Å². The third kappa shape index (κ3) is 2.61. The number of methoxy groups -OCH3 is 1. The van der Waals surface area contributed by atoms with Crippen molar-refractivity contribution in [3.63, 3.8) is 0 Å². The van der Waals surface area contributed by atoms with Gasteiger partial charge in [-0.1, -0.05) is 18.2 Å². The molecule has 28 heavy (non-hydrogen) atoms. The molecule has 2 heterocycles. The van der Waals surface area contributed by atoms with Crippen LogP contribution in [0.15, 0.2) is 48.5 Å². The fraction of sp³-hybridized carbons (Fsp3) is 0.250. The number of carbonyl (C=O) groups is 3. The fourth-order valence-electron chi connectivity index (χ4n) is 4.06. The van der Waals surface area contributed by atoms with Crippen LogP contribution in [0.4, 0.5) is 5.69 Å². The first-order valence-corrected chi connectivity index (χ1v) is 8.72. The Bertz CT molecular complexity index is 957. The molecule has 2 aliphatic rings. The zero-order valence-corrected chi connectivity index (χ0v) is 14.9. The largest absolute Gasteiger partial charge is 0.508 e. The number of rotatable bonds is 4. The standard InChI is InChI=1S/C20H18N2O6/c1-28-11-8-6-10(7-9-11)22-18(24)14-15(19(22)25)17(20(26)27)21-16(14)12-4-2-3-5-13(12)23/h2-9,14-17,21,23H,1H3,(H,26,27)/t14-,15-,16-,17-/m1/s1. The molecule has 0 bridgehead atoms. The van der Waals surface area contributed by atoms with E-state index >= 15 is 0 Å². The maximum Gasteiger partial charge on any atom is 0.321 e. The van der Waals surface area contributed by atoms with Crippen LogP contribution >= 0.6 is 0 Å². The molecule has 0 aromatic heterocycles. The molecule has 4 rings (SSSR count). The van der Waals surface area contributed by atoms with Crippen LogP contribution in [0.3, 0.4) is 0 Å². The topological polar surface area (TPSA) is 116 Å². The monoisotopic (exact) mass is 382 g/mol. The Labute approximate surface area is 160 Å². The van der Waals surface area contributed by atoms with Crippen LogP contribution in [-0.2, 0) is 14.4 Å². The number of carboxylic acid groups (broad SMARTS) is 1. The molecule has 2 fully saturated rings. The number of hydrogen-bond acceptors (Lipinski definition) is 6. The van der Waals surface area contributed by atoms with Crippen molar-refractivity contribution in [2.45, 2.75) is 12.1 Å². The Morgan fingerprint density at radius 1 is 1.04 bits per heavy atom. The summed E-state index contributed by atoms with van der Waals surface area (Å²) in [5.41, 5.74) is 0.740. The number of ether oxygens (including phenoxy) is 1. The highest BCUT2D eigenvalue weighted by atomic mass is 16.5. The van der Waals surface area contributed by atoms with Crippen molar-refractivity contribution < 1.29 is 29.3 Å². The second kappa shape index (κ2) is 6.65. The lowest BCUT2D eigenvalue weighted by molar-refractivity contribution is -0.142. The van der Waals surface area contributed by atoms with Crippen molar-refractivity contribution >= 4 is 23.5 Å². The molecule has 0 radical (unpaired) electrons. The van der Waals surface area contributed by atoms with Gasteiger partial charge in [0.25, 0.3) is 0 Å². The second-order valence-electron chi connectivity index (χ2n) is 6.78. The molecule has 2 aromatic carbocycles. The SMILES string of the molecule is COc1ccc(N2C(=O)[C@@H]3[C@@H](C2=O)[C@H](C(=O)O)N[C@@H]3c2ccccc2O)cc1. The Hall–Kier alpha value is -3.39. The molecule has 3 N–H and O–H groups in total. The van der Waals surface area contributed by atoms with Gasteiger partial charge in [-0.3, -0.25) is 19.7 Å². The number of carboxylic acids is 1. The quantitative estimate of drug-likeness (QED) is 0.683. The van der Waals surface area contributed by atoms with Crippen molar-refractivity contribution in [1.82, 2.24) is 5.32 Å². The van der Waals surface area contributed by atoms with E-state index in [0.717, 1.165) is 4.90 Å². The van der Waals surface area contributed by atoms with Crippen LogP contribution in [0.1, 0.15) is 11.6 Å². The van der Waals surface area contributed by atoms with E-state index in [1.807, 2.05) is 0 Å². The minimum atomic E-state index is -1.23. The normalized spacial score (nSPS) is 26.4. The number of aliphatic carboxylic acids is 1. The lowest BCUT2D eigenvalue weighted by Gasteiger charge is -2.22. The van der Waals surface area contributed by atoms with Crippen molar-refractivity contribution in [2.24, 2.45) is 11.8 Å². The molecule has 2 saturated heterocycles. The van der Waals surface area contributed by atoms with Gasteiger partial charge in [0.05, 0.1) is 24.6 Å². The van der Waals surface area contributed by atoms with Gasteiger partial charge in [-0.15, -0.1) is 0 Å². The van der Waals surface area contributed by atoms with E-state index in [1.54, 1.807) is 42.5 Å². The summed E-state index contributed by atoms with van der Waals surface area (Å²) in [5.74, 6) is -3.76. The molecule has 0 spiro atoms. The van der Waals surface area contributed by atoms with E-state index in [9.17, 15) is 24.6 Å². The molecule has 2 aliphatic heterocycles. The molecule has 4 atom stereocenters. The first-order valence-electron chi connectivity index (χ1n) is 8.72. The fourth-order valence-corrected chi connectivity index (χ4v) is 4.06. The molecular formula is C20H18N2O6. The number of fused-ring (bicyclic) bond motifs is 1. The Morgan fingerprint density at radius 3 is 2.29 bits per heavy atom. The molecule has 144 valence electrons. The average Bonchev–Trinajstić information content (AvgIpc) is 3.20. The first-order chi connectivity index (χ1) is 13.4. The molecule has 8 heteroatoms. The summed E-state index contributed by atoms with van der Waals surface area (Å²) >= 11 is 0. The van der Waals surface area contributed by atoms with Gasteiger partial charge in [0, 0.05) is 11.6 Å². The Morgan fingerprint density at radius 2 is 1.68 bits per heavy atom. The predicted octanol–water partition coefficient (Wildman–Crippen LogP) is 1.30. The Balaban J connectivity index is 1.76. The molecule has 0 saturated carbocycles. The molecule has 2 amide bonds. The van der Waals surface area contributed by atoms with Crippen molar-refractivity contribution in [3.05, 3.63) is 54.1 Å². The predicted molar refractivity (Wildman–Crippen MR) is 97.9 cm³/mol. The van der Waals surface area contributed by atoms with E-state index in [4.69, 9.17) is 4.74 Å². The van der Waals surface area contributed by atoms with Gasteiger partial charge in [-0.25, -0.2) is 4.90 Å². The van der Waals surface area contributed by atoms with Crippen LogP contribution in [0.2, 0.25) is 0 Å². The van der Waals surface area contributed by atoms with E-state index in [1.165, 1.54) is 13.2 Å². The number of phenols is 1. The third-order valence-electron chi connectivity index (χ3n) is 5.34. The van der Waals surface area contributed by atoms with Gasteiger partial charge in [0.1, 0.15) is 17.5 Å². The van der Waals surface area contributed by atoms with Crippen LogP contribution in [0.5, 0.6) is 11.5 Å². The summed E-state index contributed by atoms with van der Waals surface area (Å²) in [5, 5.41) is 22.7. The average molecular weight is 382 g/mol. The van der Waals surface area contributed by atoms with Gasteiger partial charge in [0.15, 0.2) is 0 Å². The highest BCUT2D eigenvalue weighted by molar-refractivity contribution is 6.23. The summed E-state index contributed by atoms with van der Waals surface area (Å²) in [6, 6.07) is 10.8. The number of anilines is 1. The number of aromatic hydroxyl groups is 1. The summed E-state index contributed by atoms with van der Waals surface area (Å²) < 4.78 is 5.09. The van der Waals surface area contributed by atoms with Crippen LogP contribution < -0.4 is 15.0 Å². The Kier molecular flexibility index (Phi) is 4.27. The number of phenolic OH excluding ortho intramolecular Hbond substituents is 1. The smallest absolute Gasteiger partial charge is 0.321 e. The lowest BCUT2D eigenvalue weighted by Crippen LogP contribution is -2.43. The number of benzene rings is 2. The number of amides is 2. The molecule has 0 unspecified atom stereocenters. The number of nitrogens with one attached hydrogen (secondary N) is 1. The van der Waals surface area contributed by atoms with E-state index < -0.39 is 41.7 Å². The highest BCUT2D eigenvalue weighted by Gasteiger charge is 2.61. The van der Waals surface area contributed by atoms with Gasteiger partial charge < -0.3 is 14.9 Å². The van der Waals surface area contributed by atoms with Crippen LogP contribution in [-0.4, -0.2) is 41.1 Å². The third-order valence-corrected chi connectivity index (χ3v) is 5.34. The number of hydrogen-bond donors (Lipinski definition) is 3. The molecule has 8 nitrogen and oxygen atoms in total. The zero-order valence-electron chi connectivity index (χ0n) is 14.9. The maximum absolute atomic E-state index is 13.2. The van der Waals surface area contributed by atoms with E-state index in [2.05, 4.69) is 5.32 Å². The highest BCUT2D eigenvalue weighted by Crippen LogP contribution is 2.47. The number of imide groups is 1. The van der Waals surface area contributed by atoms with Crippen molar-refractivity contribution in [1.29, 1.82) is 0 Å². The molecule has 0 aliphatic carbocycles. The van der Waals surface area contributed by atoms with Crippen molar-refractivity contribution in [3.8, 4) is 11.5 Å². The van der Waals surface area contributed by atoms with E-state index in [-0.39, 0.29) is 5.75 Å². The van der Waals surface area contributed by atoms with E-state index in [0.29, 0.717) is 17.0 Å². The number of para-hydroxylation sites is 1. The van der Waals surface area contributed by atoms with Crippen LogP contribution in [0, 0.1) is 11.8 Å². The lowest BCUT2D eigenvalue weighted by atomic mass is 9.86. The molecule has 2 aromatic rings. The molecular weight excluding hydrogens is 364 g/mol. The maximum atomic E-state index is 13.2. The van der Waals surface area contributed by atoms with Gasteiger partial charge in [-0.2, -0.15) is 0 Å². The zero-order chi connectivity index (χ0) is 20.0. The van der Waals surface area contributed by atoms with Gasteiger partial charge in [0.2, 0.25) is 11.8 Å². The summed E-state index contributed by atoms with van der Waals surface area (Å²) in [6.07, 6.45) is 0. The summed E-state index contributed by atoms with van der Waals surface area (Å²) in [6.45, 7) is 0. The van der Waals surface area contributed by atoms with Gasteiger partial charge in [-0.05, 0) is 30.3 Å². The van der Waals surface area contributed by atoms with Crippen molar-refractivity contribution in [2.75, 3.05) is 12.0 Å². The summed E-state index contributed by atoms with van der Waals surface area (Å²) in [4.78, 5) is 39.0. The minimum absolute atomic E-state index is 0.0621. The minimum Gasteiger partial charge on any atom is -0.508 e. The van der Waals surface area contributed by atoms with Gasteiger partial charge >= 0.3 is 5.97 Å².